The molecule has 4 nitrogen and oxygen atoms in total. The summed E-state index contributed by atoms with van der Waals surface area (Å²) in [6, 6.07) is 5.22. The Morgan fingerprint density at radius 1 is 1.26 bits per heavy atom. The molecular weight excluding hydrogens is 355 g/mol. The summed E-state index contributed by atoms with van der Waals surface area (Å²) in [6.07, 6.45) is 0. The van der Waals surface area contributed by atoms with Crippen LogP contribution in [0.25, 0.3) is 0 Å². The summed E-state index contributed by atoms with van der Waals surface area (Å²) in [5.41, 5.74) is 1.91. The third-order valence-electron chi connectivity index (χ3n) is 2.75. The summed E-state index contributed by atoms with van der Waals surface area (Å²) < 4.78 is 1.09. The van der Waals surface area contributed by atoms with Crippen molar-refractivity contribution in [1.82, 2.24) is 5.32 Å². The van der Waals surface area contributed by atoms with Crippen LogP contribution in [0.1, 0.15) is 26.3 Å². The van der Waals surface area contributed by atoms with Crippen LogP contribution in [-0.2, 0) is 9.59 Å². The Labute approximate surface area is 127 Å². The molecule has 0 aliphatic heterocycles. The van der Waals surface area contributed by atoms with E-state index in [9.17, 15) is 9.59 Å². The molecule has 0 bridgehead atoms. The van der Waals surface area contributed by atoms with Crippen molar-refractivity contribution in [3.8, 4) is 0 Å². The topological polar surface area (TPSA) is 58.2 Å². The largest absolute Gasteiger partial charge is 0.344 e. The maximum absolute atomic E-state index is 12.2. The molecule has 0 radical (unpaired) electrons. The highest BCUT2D eigenvalue weighted by Crippen LogP contribution is 2.17. The molecule has 0 spiro atoms. The molecule has 2 N–H and O–H groups in total. The number of aryl methyl sites for hydroxylation is 1. The molecule has 1 aromatic rings. The molecule has 1 unspecified atom stereocenters. The third-order valence-corrected chi connectivity index (χ3v) is 3.91. The predicted molar refractivity (Wildman–Crippen MR) is 85.0 cm³/mol. The molecule has 1 atom stereocenters. The molecule has 0 aliphatic carbocycles. The van der Waals surface area contributed by atoms with Gasteiger partial charge in [0.25, 0.3) is 0 Å². The summed E-state index contributed by atoms with van der Waals surface area (Å²) in [6.45, 7) is 7.23. The number of hydrogen-bond acceptors (Lipinski definition) is 2. The van der Waals surface area contributed by atoms with E-state index in [4.69, 9.17) is 0 Å². The molecule has 0 fully saturated rings. The van der Waals surface area contributed by atoms with E-state index < -0.39 is 6.04 Å². The number of hydrogen-bond donors (Lipinski definition) is 2. The second-order valence-corrected chi connectivity index (χ2v) is 6.04. The molecule has 0 aliphatic rings. The van der Waals surface area contributed by atoms with Crippen molar-refractivity contribution >= 4 is 40.1 Å². The number of nitrogens with one attached hydrogen (secondary N) is 2. The zero-order valence-corrected chi connectivity index (χ0v) is 13.7. The van der Waals surface area contributed by atoms with E-state index >= 15 is 0 Å². The van der Waals surface area contributed by atoms with Gasteiger partial charge in [0.05, 0.1) is 0 Å². The minimum absolute atomic E-state index is 0.0356. The van der Waals surface area contributed by atoms with Crippen molar-refractivity contribution in [2.45, 2.75) is 33.7 Å². The predicted octanol–water partition coefficient (Wildman–Crippen LogP) is 2.70. The van der Waals surface area contributed by atoms with Gasteiger partial charge in [-0.2, -0.15) is 0 Å². The van der Waals surface area contributed by atoms with Gasteiger partial charge in [-0.1, -0.05) is 19.9 Å². The molecule has 2 amide bonds. The molecule has 1 rings (SSSR count). The molecule has 5 heteroatoms. The Morgan fingerprint density at radius 2 is 1.89 bits per heavy atom. The van der Waals surface area contributed by atoms with Gasteiger partial charge in [0.15, 0.2) is 0 Å². The van der Waals surface area contributed by atoms with Crippen LogP contribution in [0, 0.1) is 16.4 Å². The fourth-order valence-corrected chi connectivity index (χ4v) is 2.16. The van der Waals surface area contributed by atoms with Gasteiger partial charge in [-0.3, -0.25) is 9.59 Å². The quantitative estimate of drug-likeness (QED) is 0.797. The highest BCUT2D eigenvalue weighted by atomic mass is 127. The number of benzene rings is 1. The Kier molecular flexibility index (Phi) is 5.78. The van der Waals surface area contributed by atoms with E-state index in [-0.39, 0.29) is 17.7 Å². The smallest absolute Gasteiger partial charge is 0.247 e. The molecule has 1 aromatic carbocycles. The summed E-state index contributed by atoms with van der Waals surface area (Å²) in [7, 11) is 0. The van der Waals surface area contributed by atoms with E-state index in [1.165, 1.54) is 12.5 Å². The standard InChI is InChI=1S/C14H19IN2O2/c1-8(2)13(16-10(4)18)14(19)17-11-6-5-9(3)12(15)7-11/h5-8,13H,1-4H3,(H,16,18)(H,17,19). The van der Waals surface area contributed by atoms with Crippen LogP contribution in [0.2, 0.25) is 0 Å². The average molecular weight is 374 g/mol. The molecule has 0 heterocycles. The number of anilines is 1. The zero-order valence-electron chi connectivity index (χ0n) is 11.6. The van der Waals surface area contributed by atoms with Crippen LogP contribution in [0.4, 0.5) is 5.69 Å². The van der Waals surface area contributed by atoms with Crippen molar-refractivity contribution in [3.63, 3.8) is 0 Å². The van der Waals surface area contributed by atoms with E-state index in [0.29, 0.717) is 0 Å². The van der Waals surface area contributed by atoms with Gasteiger partial charge in [-0.25, -0.2) is 0 Å². The number of carbonyl (C=O) groups is 2. The lowest BCUT2D eigenvalue weighted by Crippen LogP contribution is -2.46. The van der Waals surface area contributed by atoms with Gasteiger partial charge < -0.3 is 10.6 Å². The average Bonchev–Trinajstić information content (AvgIpc) is 2.30. The first kappa shape index (κ1) is 15.9. The van der Waals surface area contributed by atoms with E-state index in [0.717, 1.165) is 9.26 Å². The van der Waals surface area contributed by atoms with Crippen molar-refractivity contribution in [3.05, 3.63) is 27.3 Å². The minimum Gasteiger partial charge on any atom is -0.344 e. The molecule has 104 valence electrons. The highest BCUT2D eigenvalue weighted by Gasteiger charge is 2.22. The summed E-state index contributed by atoms with van der Waals surface area (Å²) in [5.74, 6) is -0.356. The van der Waals surface area contributed by atoms with Crippen LogP contribution < -0.4 is 10.6 Å². The first-order valence-corrected chi connectivity index (χ1v) is 7.23. The Morgan fingerprint density at radius 3 is 2.37 bits per heavy atom. The minimum atomic E-state index is -0.517. The fraction of sp³-hybridized carbons (Fsp3) is 0.429. The monoisotopic (exact) mass is 374 g/mol. The Balaban J connectivity index is 2.81. The van der Waals surface area contributed by atoms with Crippen LogP contribution in [0.3, 0.4) is 0 Å². The Bertz CT molecular complexity index is 486. The fourth-order valence-electron chi connectivity index (χ4n) is 1.64. The van der Waals surface area contributed by atoms with Crippen molar-refractivity contribution in [1.29, 1.82) is 0 Å². The summed E-state index contributed by atoms with van der Waals surface area (Å²) >= 11 is 2.23. The van der Waals surface area contributed by atoms with Gasteiger partial charge in [0.2, 0.25) is 11.8 Å². The Hall–Kier alpha value is -1.11. The molecule has 0 saturated heterocycles. The number of rotatable bonds is 4. The maximum atomic E-state index is 12.2. The normalized spacial score (nSPS) is 12.1. The van der Waals surface area contributed by atoms with Gasteiger partial charge in [0, 0.05) is 16.2 Å². The second kappa shape index (κ2) is 6.88. The first-order chi connectivity index (χ1) is 8.81. The lowest BCUT2D eigenvalue weighted by atomic mass is 10.0. The number of amides is 2. The van der Waals surface area contributed by atoms with E-state index in [2.05, 4.69) is 33.2 Å². The van der Waals surface area contributed by atoms with Crippen LogP contribution in [0.15, 0.2) is 18.2 Å². The lowest BCUT2D eigenvalue weighted by molar-refractivity contribution is -0.126. The van der Waals surface area contributed by atoms with Gasteiger partial charge in [-0.15, -0.1) is 0 Å². The highest BCUT2D eigenvalue weighted by molar-refractivity contribution is 14.1. The third kappa shape index (κ3) is 4.81. The van der Waals surface area contributed by atoms with Gasteiger partial charge in [-0.05, 0) is 53.1 Å². The van der Waals surface area contributed by atoms with E-state index in [1.54, 1.807) is 0 Å². The molecule has 0 saturated carbocycles. The van der Waals surface area contributed by atoms with E-state index in [1.807, 2.05) is 39.0 Å². The van der Waals surface area contributed by atoms with Crippen molar-refractivity contribution in [2.75, 3.05) is 5.32 Å². The van der Waals surface area contributed by atoms with Gasteiger partial charge in [0.1, 0.15) is 6.04 Å². The lowest BCUT2D eigenvalue weighted by Gasteiger charge is -2.21. The number of halogens is 1. The van der Waals surface area contributed by atoms with Crippen LogP contribution >= 0.6 is 22.6 Å². The number of carbonyl (C=O) groups excluding carboxylic acids is 2. The molecule has 19 heavy (non-hydrogen) atoms. The van der Waals surface area contributed by atoms with Crippen LogP contribution in [0.5, 0.6) is 0 Å². The molecular formula is C14H19IN2O2. The van der Waals surface area contributed by atoms with Crippen LogP contribution in [-0.4, -0.2) is 17.9 Å². The summed E-state index contributed by atoms with van der Waals surface area (Å²) in [5, 5.41) is 5.51. The molecule has 0 aromatic heterocycles. The first-order valence-electron chi connectivity index (χ1n) is 6.15. The van der Waals surface area contributed by atoms with Crippen molar-refractivity contribution < 1.29 is 9.59 Å². The second-order valence-electron chi connectivity index (χ2n) is 4.88. The SMILES string of the molecule is CC(=O)NC(C(=O)Nc1ccc(C)c(I)c1)C(C)C. The summed E-state index contributed by atoms with van der Waals surface area (Å²) in [4.78, 5) is 23.3. The zero-order chi connectivity index (χ0) is 14.6. The van der Waals surface area contributed by atoms with Gasteiger partial charge >= 0.3 is 0 Å². The maximum Gasteiger partial charge on any atom is 0.247 e. The van der Waals surface area contributed by atoms with Crippen molar-refractivity contribution in [2.24, 2.45) is 5.92 Å².